The SMILES string of the molecule is CC(=O)N1CCC[C@@H]2N(C(=O)COc3ccc(F)cc3)CCC[C@@]21C. The zero-order valence-electron chi connectivity index (χ0n) is 14.8. The minimum absolute atomic E-state index is 0.0308. The molecule has 2 atom stereocenters. The number of benzene rings is 1. The highest BCUT2D eigenvalue weighted by atomic mass is 19.1. The largest absolute Gasteiger partial charge is 0.484 e. The van der Waals surface area contributed by atoms with Crippen LogP contribution in [0.5, 0.6) is 5.75 Å². The highest BCUT2D eigenvalue weighted by Crippen LogP contribution is 2.39. The van der Waals surface area contributed by atoms with Gasteiger partial charge in [0.15, 0.2) is 6.61 Å². The lowest BCUT2D eigenvalue weighted by atomic mass is 9.76. The van der Waals surface area contributed by atoms with Gasteiger partial charge in [-0.1, -0.05) is 0 Å². The van der Waals surface area contributed by atoms with Crippen molar-refractivity contribution in [2.75, 3.05) is 19.7 Å². The summed E-state index contributed by atoms with van der Waals surface area (Å²) in [7, 11) is 0. The molecule has 1 aromatic carbocycles. The molecule has 1 aromatic rings. The zero-order valence-corrected chi connectivity index (χ0v) is 14.8. The Kier molecular flexibility index (Phi) is 4.97. The highest BCUT2D eigenvalue weighted by molar-refractivity contribution is 5.79. The van der Waals surface area contributed by atoms with E-state index in [9.17, 15) is 14.0 Å². The fourth-order valence-electron chi connectivity index (χ4n) is 4.32. The first-order chi connectivity index (χ1) is 11.9. The van der Waals surface area contributed by atoms with E-state index in [2.05, 4.69) is 6.92 Å². The summed E-state index contributed by atoms with van der Waals surface area (Å²) >= 11 is 0. The molecule has 0 spiro atoms. The highest BCUT2D eigenvalue weighted by Gasteiger charge is 2.49. The molecule has 0 unspecified atom stereocenters. The van der Waals surface area contributed by atoms with Gasteiger partial charge in [0.25, 0.3) is 5.91 Å². The zero-order chi connectivity index (χ0) is 18.0. The van der Waals surface area contributed by atoms with Crippen LogP contribution in [-0.4, -0.2) is 52.9 Å². The van der Waals surface area contributed by atoms with Gasteiger partial charge in [-0.2, -0.15) is 0 Å². The molecular formula is C19H25FN2O3. The standard InChI is InChI=1S/C19H25FN2O3/c1-14(23)22-12-3-5-17-19(22,2)10-4-11-21(17)18(24)13-25-16-8-6-15(20)7-9-16/h6-9,17H,3-5,10-13H2,1-2H3/t17-,19-/m0/s1. The third-order valence-electron chi connectivity index (χ3n) is 5.53. The molecule has 5 nitrogen and oxygen atoms in total. The summed E-state index contributed by atoms with van der Waals surface area (Å²) in [6.07, 6.45) is 3.60. The Bertz CT molecular complexity index is 649. The summed E-state index contributed by atoms with van der Waals surface area (Å²) in [5.41, 5.74) is -0.298. The van der Waals surface area contributed by atoms with Crippen molar-refractivity contribution in [3.63, 3.8) is 0 Å². The molecule has 2 aliphatic heterocycles. The van der Waals surface area contributed by atoms with Crippen molar-refractivity contribution < 1.29 is 18.7 Å². The Morgan fingerprint density at radius 3 is 2.64 bits per heavy atom. The van der Waals surface area contributed by atoms with Crippen LogP contribution < -0.4 is 4.74 Å². The molecule has 0 aromatic heterocycles. The van der Waals surface area contributed by atoms with E-state index in [0.717, 1.165) is 32.2 Å². The molecule has 2 aliphatic rings. The van der Waals surface area contributed by atoms with Crippen LogP contribution in [0, 0.1) is 5.82 Å². The van der Waals surface area contributed by atoms with E-state index in [4.69, 9.17) is 4.74 Å². The van der Waals surface area contributed by atoms with Crippen LogP contribution in [-0.2, 0) is 9.59 Å². The number of piperidine rings is 2. The van der Waals surface area contributed by atoms with Crippen LogP contribution in [0.2, 0.25) is 0 Å². The molecular weight excluding hydrogens is 323 g/mol. The van der Waals surface area contributed by atoms with Crippen LogP contribution >= 0.6 is 0 Å². The minimum atomic E-state index is -0.336. The lowest BCUT2D eigenvalue weighted by Crippen LogP contribution is -2.68. The van der Waals surface area contributed by atoms with Crippen molar-refractivity contribution >= 4 is 11.8 Å². The number of carbonyl (C=O) groups excluding carboxylic acids is 2. The van der Waals surface area contributed by atoms with Crippen LogP contribution in [0.1, 0.15) is 39.5 Å². The lowest BCUT2D eigenvalue weighted by molar-refractivity contribution is -0.155. The Morgan fingerprint density at radius 1 is 1.24 bits per heavy atom. The topological polar surface area (TPSA) is 49.9 Å². The average molecular weight is 348 g/mol. The number of fused-ring (bicyclic) bond motifs is 1. The van der Waals surface area contributed by atoms with Crippen molar-refractivity contribution in [3.05, 3.63) is 30.1 Å². The quantitative estimate of drug-likeness (QED) is 0.844. The normalized spacial score (nSPS) is 26.1. The number of rotatable bonds is 3. The predicted octanol–water partition coefficient (Wildman–Crippen LogP) is 2.60. The fraction of sp³-hybridized carbons (Fsp3) is 0.579. The van der Waals surface area contributed by atoms with Gasteiger partial charge in [-0.25, -0.2) is 4.39 Å². The summed E-state index contributed by atoms with van der Waals surface area (Å²) in [6.45, 7) is 5.08. The van der Waals surface area contributed by atoms with E-state index < -0.39 is 0 Å². The van der Waals surface area contributed by atoms with Gasteiger partial charge < -0.3 is 14.5 Å². The van der Waals surface area contributed by atoms with Gasteiger partial charge in [0, 0.05) is 20.0 Å². The molecule has 0 bridgehead atoms. The maximum atomic E-state index is 12.9. The molecule has 2 heterocycles. The number of hydrogen-bond acceptors (Lipinski definition) is 3. The molecule has 25 heavy (non-hydrogen) atoms. The van der Waals surface area contributed by atoms with Gasteiger partial charge >= 0.3 is 0 Å². The van der Waals surface area contributed by atoms with Gasteiger partial charge in [0.1, 0.15) is 11.6 Å². The third-order valence-corrected chi connectivity index (χ3v) is 5.53. The number of likely N-dealkylation sites (tertiary alicyclic amines) is 2. The number of amides is 2. The minimum Gasteiger partial charge on any atom is -0.484 e. The molecule has 0 N–H and O–H groups in total. The maximum Gasteiger partial charge on any atom is 0.260 e. The Labute approximate surface area is 147 Å². The molecule has 2 amide bonds. The van der Waals surface area contributed by atoms with E-state index in [1.807, 2.05) is 9.80 Å². The van der Waals surface area contributed by atoms with Crippen molar-refractivity contribution in [2.45, 2.75) is 51.1 Å². The molecule has 3 rings (SSSR count). The van der Waals surface area contributed by atoms with Gasteiger partial charge in [-0.3, -0.25) is 9.59 Å². The van der Waals surface area contributed by atoms with Gasteiger partial charge in [0.2, 0.25) is 5.91 Å². The maximum absolute atomic E-state index is 12.9. The van der Waals surface area contributed by atoms with E-state index in [-0.39, 0.29) is 35.8 Å². The summed E-state index contributed by atoms with van der Waals surface area (Å²) in [5.74, 6) is 0.134. The van der Waals surface area contributed by atoms with Crippen LogP contribution in [0.15, 0.2) is 24.3 Å². The summed E-state index contributed by atoms with van der Waals surface area (Å²) in [6, 6.07) is 5.68. The van der Waals surface area contributed by atoms with Crippen molar-refractivity contribution in [3.8, 4) is 5.75 Å². The first-order valence-electron chi connectivity index (χ1n) is 8.88. The first-order valence-corrected chi connectivity index (χ1v) is 8.88. The molecule has 2 fully saturated rings. The second-order valence-corrected chi connectivity index (χ2v) is 7.12. The van der Waals surface area contributed by atoms with Crippen LogP contribution in [0.3, 0.4) is 0 Å². The van der Waals surface area contributed by atoms with Crippen molar-refractivity contribution in [1.29, 1.82) is 0 Å². The smallest absolute Gasteiger partial charge is 0.260 e. The number of halogens is 1. The van der Waals surface area contributed by atoms with Crippen LogP contribution in [0.4, 0.5) is 4.39 Å². The second kappa shape index (κ2) is 7.02. The summed E-state index contributed by atoms with van der Waals surface area (Å²) in [4.78, 5) is 28.6. The monoisotopic (exact) mass is 348 g/mol. The van der Waals surface area contributed by atoms with Crippen molar-refractivity contribution in [2.24, 2.45) is 0 Å². The predicted molar refractivity (Wildman–Crippen MR) is 91.7 cm³/mol. The molecule has 6 heteroatoms. The second-order valence-electron chi connectivity index (χ2n) is 7.12. The Balaban J connectivity index is 1.69. The molecule has 2 saturated heterocycles. The summed E-state index contributed by atoms with van der Waals surface area (Å²) in [5, 5.41) is 0. The first kappa shape index (κ1) is 17.7. The van der Waals surface area contributed by atoms with E-state index in [1.165, 1.54) is 24.3 Å². The molecule has 0 saturated carbocycles. The molecule has 0 aliphatic carbocycles. The fourth-order valence-corrected chi connectivity index (χ4v) is 4.32. The lowest BCUT2D eigenvalue weighted by Gasteiger charge is -2.56. The Morgan fingerprint density at radius 2 is 1.96 bits per heavy atom. The number of hydrogen-bond donors (Lipinski definition) is 0. The Hall–Kier alpha value is -2.11. The number of nitrogens with zero attached hydrogens (tertiary/aromatic N) is 2. The van der Waals surface area contributed by atoms with Crippen LogP contribution in [0.25, 0.3) is 0 Å². The third kappa shape index (κ3) is 3.48. The van der Waals surface area contributed by atoms with Gasteiger partial charge in [-0.05, 0) is 56.9 Å². The number of carbonyl (C=O) groups is 2. The molecule has 136 valence electrons. The van der Waals surface area contributed by atoms with E-state index in [0.29, 0.717) is 12.3 Å². The average Bonchev–Trinajstić information content (AvgIpc) is 2.59. The van der Waals surface area contributed by atoms with Gasteiger partial charge in [-0.15, -0.1) is 0 Å². The number of ether oxygens (including phenoxy) is 1. The summed E-state index contributed by atoms with van der Waals surface area (Å²) < 4.78 is 18.5. The van der Waals surface area contributed by atoms with E-state index >= 15 is 0 Å². The molecule has 0 radical (unpaired) electrons. The van der Waals surface area contributed by atoms with Gasteiger partial charge in [0.05, 0.1) is 11.6 Å². The van der Waals surface area contributed by atoms with Crippen molar-refractivity contribution in [1.82, 2.24) is 9.80 Å². The van der Waals surface area contributed by atoms with E-state index in [1.54, 1.807) is 6.92 Å².